The lowest BCUT2D eigenvalue weighted by Crippen LogP contribution is -2.41. The van der Waals surface area contributed by atoms with E-state index in [0.717, 1.165) is 19.3 Å². The number of carbonyl (C=O) groups is 1. The van der Waals surface area contributed by atoms with Crippen LogP contribution < -0.4 is 15.8 Å². The van der Waals surface area contributed by atoms with Crippen LogP contribution in [0.25, 0.3) is 10.9 Å². The maximum Gasteiger partial charge on any atom is 0.348 e. The minimum atomic E-state index is -0.483. The van der Waals surface area contributed by atoms with Crippen molar-refractivity contribution in [1.82, 2.24) is 10.3 Å². The largest absolute Gasteiger partial charge is 0.388 e. The molecule has 0 aliphatic rings. The number of hydrogen-bond donors (Lipinski definition) is 1. The average molecular weight is 303 g/mol. The van der Waals surface area contributed by atoms with Gasteiger partial charge in [0.25, 0.3) is 0 Å². The first-order chi connectivity index (χ1) is 10.7. The Bertz CT molecular complexity index is 696. The van der Waals surface area contributed by atoms with Crippen LogP contribution in [-0.4, -0.2) is 24.1 Å². The van der Waals surface area contributed by atoms with Crippen molar-refractivity contribution < 1.29 is 9.21 Å². The molecular formula is C16H21N3O3. The van der Waals surface area contributed by atoms with Crippen LogP contribution in [0.15, 0.2) is 33.5 Å². The molecule has 0 aliphatic carbocycles. The Morgan fingerprint density at radius 1 is 1.27 bits per heavy atom. The third-order valence-electron chi connectivity index (χ3n) is 3.25. The molecule has 1 N–H and O–H groups in total. The summed E-state index contributed by atoms with van der Waals surface area (Å²) < 4.78 is 5.23. The van der Waals surface area contributed by atoms with E-state index < -0.39 is 5.63 Å². The molecule has 2 rings (SSSR count). The van der Waals surface area contributed by atoms with Crippen molar-refractivity contribution in [3.05, 3.63) is 34.7 Å². The van der Waals surface area contributed by atoms with Gasteiger partial charge in [-0.1, -0.05) is 32.4 Å². The highest BCUT2D eigenvalue weighted by Crippen LogP contribution is 2.15. The minimum Gasteiger partial charge on any atom is -0.388 e. The quantitative estimate of drug-likeness (QED) is 0.833. The lowest BCUT2D eigenvalue weighted by atomic mass is 10.2. The number of nitrogens with zero attached hydrogens (tertiary/aromatic N) is 2. The summed E-state index contributed by atoms with van der Waals surface area (Å²) in [6.07, 6.45) is 2.64. The van der Waals surface area contributed by atoms with Crippen molar-refractivity contribution in [1.29, 1.82) is 0 Å². The van der Waals surface area contributed by atoms with Crippen molar-refractivity contribution in [2.24, 2.45) is 0 Å². The number of carbonyl (C=O) groups excluding carboxylic acids is 1. The van der Waals surface area contributed by atoms with E-state index >= 15 is 0 Å². The van der Waals surface area contributed by atoms with Crippen molar-refractivity contribution in [2.45, 2.75) is 33.1 Å². The minimum absolute atomic E-state index is 0.0412. The van der Waals surface area contributed by atoms with E-state index in [9.17, 15) is 9.59 Å². The third kappa shape index (κ3) is 3.63. The van der Waals surface area contributed by atoms with Crippen LogP contribution in [0, 0.1) is 0 Å². The van der Waals surface area contributed by atoms with Crippen molar-refractivity contribution in [2.75, 3.05) is 18.0 Å². The number of amides is 2. The lowest BCUT2D eigenvalue weighted by molar-refractivity contribution is 0.244. The number of hydrogen-bond acceptors (Lipinski definition) is 4. The van der Waals surface area contributed by atoms with Crippen LogP contribution >= 0.6 is 0 Å². The number of aromatic nitrogens is 1. The molecule has 1 aromatic carbocycles. The molecule has 0 fully saturated rings. The number of nitrogens with one attached hydrogen (secondary N) is 1. The number of unbranched alkanes of at least 4 members (excludes halogenated alkanes) is 1. The fourth-order valence-corrected chi connectivity index (χ4v) is 2.10. The van der Waals surface area contributed by atoms with Gasteiger partial charge in [-0.2, -0.15) is 4.98 Å². The Morgan fingerprint density at radius 3 is 2.77 bits per heavy atom. The molecule has 0 spiro atoms. The van der Waals surface area contributed by atoms with E-state index in [1.54, 1.807) is 24.3 Å². The van der Waals surface area contributed by atoms with Gasteiger partial charge < -0.3 is 9.73 Å². The standard InChI is InChI=1S/C16H21N3O3/c1-3-5-10-17-15(21)19(11-4-2)16-18-13-9-7-6-8-12(13)14(20)22-16/h6-9H,3-5,10-11H2,1-2H3,(H,17,21). The summed E-state index contributed by atoms with van der Waals surface area (Å²) in [4.78, 5) is 30.0. The Kier molecular flexibility index (Phi) is 5.52. The molecule has 22 heavy (non-hydrogen) atoms. The highest BCUT2D eigenvalue weighted by atomic mass is 16.4. The van der Waals surface area contributed by atoms with Crippen LogP contribution in [0.4, 0.5) is 10.8 Å². The monoisotopic (exact) mass is 303 g/mol. The van der Waals surface area contributed by atoms with E-state index in [2.05, 4.69) is 17.2 Å². The van der Waals surface area contributed by atoms with Crippen molar-refractivity contribution >= 4 is 22.9 Å². The molecule has 6 nitrogen and oxygen atoms in total. The zero-order valence-corrected chi connectivity index (χ0v) is 13.0. The van der Waals surface area contributed by atoms with Gasteiger partial charge in [-0.25, -0.2) is 14.5 Å². The number of fused-ring (bicyclic) bond motifs is 1. The zero-order chi connectivity index (χ0) is 15.9. The predicted molar refractivity (Wildman–Crippen MR) is 86.2 cm³/mol. The van der Waals surface area contributed by atoms with E-state index in [-0.39, 0.29) is 12.0 Å². The van der Waals surface area contributed by atoms with Crippen LogP contribution in [0.1, 0.15) is 33.1 Å². The molecule has 0 atom stereocenters. The van der Waals surface area contributed by atoms with Crippen LogP contribution in [-0.2, 0) is 0 Å². The number of urea groups is 1. The van der Waals surface area contributed by atoms with Gasteiger partial charge in [0.15, 0.2) is 0 Å². The smallest absolute Gasteiger partial charge is 0.348 e. The molecule has 1 heterocycles. The van der Waals surface area contributed by atoms with Gasteiger partial charge >= 0.3 is 17.7 Å². The third-order valence-corrected chi connectivity index (χ3v) is 3.25. The molecule has 0 radical (unpaired) electrons. The van der Waals surface area contributed by atoms with E-state index in [1.807, 2.05) is 6.92 Å². The number of benzene rings is 1. The highest BCUT2D eigenvalue weighted by molar-refractivity contribution is 5.90. The number of anilines is 1. The maximum absolute atomic E-state index is 12.3. The van der Waals surface area contributed by atoms with Gasteiger partial charge in [-0.3, -0.25) is 0 Å². The van der Waals surface area contributed by atoms with Crippen LogP contribution in [0.3, 0.4) is 0 Å². The number of rotatable bonds is 6. The molecule has 2 amide bonds. The summed E-state index contributed by atoms with van der Waals surface area (Å²) in [5.74, 6) is 0. The molecule has 1 aromatic heterocycles. The Balaban J connectivity index is 2.31. The molecule has 0 aliphatic heterocycles. The molecular weight excluding hydrogens is 282 g/mol. The molecule has 118 valence electrons. The first kappa shape index (κ1) is 16.0. The lowest BCUT2D eigenvalue weighted by Gasteiger charge is -2.19. The molecule has 0 saturated heterocycles. The summed E-state index contributed by atoms with van der Waals surface area (Å²) in [6, 6.07) is 6.69. The topological polar surface area (TPSA) is 75.4 Å². The van der Waals surface area contributed by atoms with Gasteiger partial charge in [0, 0.05) is 13.1 Å². The summed E-state index contributed by atoms with van der Waals surface area (Å²) in [6.45, 7) is 5.03. The summed E-state index contributed by atoms with van der Waals surface area (Å²) in [5, 5.41) is 3.23. The molecule has 0 bridgehead atoms. The van der Waals surface area contributed by atoms with E-state index in [1.165, 1.54) is 4.90 Å². The summed E-state index contributed by atoms with van der Waals surface area (Å²) in [5.41, 5.74) is 0.0410. The second-order valence-electron chi connectivity index (χ2n) is 5.04. The second kappa shape index (κ2) is 7.59. The first-order valence-electron chi connectivity index (χ1n) is 7.62. The van der Waals surface area contributed by atoms with E-state index in [4.69, 9.17) is 4.42 Å². The Labute approximate surface area is 129 Å². The summed E-state index contributed by atoms with van der Waals surface area (Å²) in [7, 11) is 0. The predicted octanol–water partition coefficient (Wildman–Crippen LogP) is 2.91. The fraction of sp³-hybridized carbons (Fsp3) is 0.438. The average Bonchev–Trinajstić information content (AvgIpc) is 2.52. The van der Waals surface area contributed by atoms with Crippen molar-refractivity contribution in [3.8, 4) is 0 Å². The van der Waals surface area contributed by atoms with Crippen molar-refractivity contribution in [3.63, 3.8) is 0 Å². The van der Waals surface area contributed by atoms with E-state index in [0.29, 0.717) is 24.0 Å². The SMILES string of the molecule is CCCCNC(=O)N(CCC)c1nc2ccccc2c(=O)o1. The van der Waals surface area contributed by atoms with Crippen LogP contribution in [0.2, 0.25) is 0 Å². The Hall–Kier alpha value is -2.37. The Morgan fingerprint density at radius 2 is 2.05 bits per heavy atom. The van der Waals surface area contributed by atoms with Gasteiger partial charge in [0.1, 0.15) is 0 Å². The second-order valence-corrected chi connectivity index (χ2v) is 5.04. The first-order valence-corrected chi connectivity index (χ1v) is 7.62. The maximum atomic E-state index is 12.3. The molecule has 6 heteroatoms. The van der Waals surface area contributed by atoms with Gasteiger partial charge in [0.05, 0.1) is 10.9 Å². The summed E-state index contributed by atoms with van der Waals surface area (Å²) >= 11 is 0. The molecule has 2 aromatic rings. The molecule has 0 saturated carbocycles. The number of para-hydroxylation sites is 1. The van der Waals surface area contributed by atoms with Crippen LogP contribution in [0.5, 0.6) is 0 Å². The van der Waals surface area contributed by atoms with Gasteiger partial charge in [-0.15, -0.1) is 0 Å². The van der Waals surface area contributed by atoms with Gasteiger partial charge in [-0.05, 0) is 25.0 Å². The molecule has 0 unspecified atom stereocenters. The highest BCUT2D eigenvalue weighted by Gasteiger charge is 2.19. The fourth-order valence-electron chi connectivity index (χ4n) is 2.10. The zero-order valence-electron chi connectivity index (χ0n) is 13.0. The van der Waals surface area contributed by atoms with Gasteiger partial charge in [0.2, 0.25) is 0 Å². The normalized spacial score (nSPS) is 10.6.